The fraction of sp³-hybridized carbons (Fsp3) is 0.312. The zero-order valence-corrected chi connectivity index (χ0v) is 12.6. The first-order valence-corrected chi connectivity index (χ1v) is 6.89. The molecule has 0 aliphatic carbocycles. The van der Waals surface area contributed by atoms with Gasteiger partial charge in [-0.3, -0.25) is 0 Å². The standard InChI is InChI=1S/C16H19NO5/c1-20-14-6-5-12(8-15(14)21-2)9-17(11-16(18)19)10-13-4-3-7-22-13/h3-8H,9-11H2,1-2H3,(H,18,19). The first kappa shape index (κ1) is 15.9. The first-order chi connectivity index (χ1) is 10.6. The van der Waals surface area contributed by atoms with E-state index in [1.54, 1.807) is 32.6 Å². The van der Waals surface area contributed by atoms with Crippen LogP contribution in [0.15, 0.2) is 41.0 Å². The van der Waals surface area contributed by atoms with E-state index >= 15 is 0 Å². The number of furan rings is 1. The van der Waals surface area contributed by atoms with Gasteiger partial charge in [-0.2, -0.15) is 0 Å². The number of carboxylic acids is 1. The van der Waals surface area contributed by atoms with Crippen LogP contribution in [0, 0.1) is 0 Å². The zero-order valence-electron chi connectivity index (χ0n) is 12.6. The van der Waals surface area contributed by atoms with Gasteiger partial charge in [0.1, 0.15) is 19.6 Å². The second kappa shape index (κ2) is 7.51. The van der Waals surface area contributed by atoms with Crippen molar-refractivity contribution in [2.75, 3.05) is 20.8 Å². The van der Waals surface area contributed by atoms with Gasteiger partial charge in [0.2, 0.25) is 0 Å². The molecule has 0 bridgehead atoms. The van der Waals surface area contributed by atoms with Crippen LogP contribution in [0.4, 0.5) is 0 Å². The molecule has 1 aromatic carbocycles. The number of rotatable bonds is 8. The van der Waals surface area contributed by atoms with Crippen LogP contribution < -0.4 is 19.5 Å². The van der Waals surface area contributed by atoms with Crippen molar-refractivity contribution in [1.29, 1.82) is 0 Å². The summed E-state index contributed by atoms with van der Waals surface area (Å²) in [6, 6.07) is 9.14. The molecule has 0 saturated heterocycles. The molecular formula is C16H19NO5. The highest BCUT2D eigenvalue weighted by molar-refractivity contribution is 5.65. The predicted octanol–water partition coefficient (Wildman–Crippen LogP) is -0.368. The molecule has 1 atom stereocenters. The fourth-order valence-electron chi connectivity index (χ4n) is 2.33. The van der Waals surface area contributed by atoms with E-state index in [-0.39, 0.29) is 6.54 Å². The number of quaternary nitrogens is 1. The SMILES string of the molecule is COc1ccc(C[NH+](CC(=O)[O-])Cc2ccco2)cc1OC. The lowest BCUT2D eigenvalue weighted by Gasteiger charge is -2.19. The Balaban J connectivity index is 2.13. The Morgan fingerprint density at radius 1 is 1.18 bits per heavy atom. The van der Waals surface area contributed by atoms with Gasteiger partial charge in [0.25, 0.3) is 0 Å². The van der Waals surface area contributed by atoms with Crippen molar-refractivity contribution in [3.05, 3.63) is 47.9 Å². The Labute approximate surface area is 128 Å². The van der Waals surface area contributed by atoms with E-state index in [4.69, 9.17) is 13.9 Å². The number of carboxylic acid groups (broad SMARTS) is 1. The number of hydrogen-bond acceptors (Lipinski definition) is 5. The molecule has 0 spiro atoms. The molecule has 1 heterocycles. The van der Waals surface area contributed by atoms with E-state index in [9.17, 15) is 9.90 Å². The number of carbonyl (C=O) groups excluding carboxylic acids is 1. The summed E-state index contributed by atoms with van der Waals surface area (Å²) in [6.45, 7) is 0.874. The molecule has 0 aliphatic heterocycles. The fourth-order valence-corrected chi connectivity index (χ4v) is 2.33. The molecule has 0 amide bonds. The molecule has 0 fully saturated rings. The second-order valence-corrected chi connectivity index (χ2v) is 4.92. The molecular weight excluding hydrogens is 286 g/mol. The minimum Gasteiger partial charge on any atom is -0.544 e. The Kier molecular flexibility index (Phi) is 5.43. The summed E-state index contributed by atoms with van der Waals surface area (Å²) >= 11 is 0. The lowest BCUT2D eigenvalue weighted by Crippen LogP contribution is -3.10. The van der Waals surface area contributed by atoms with Gasteiger partial charge in [-0.25, -0.2) is 0 Å². The largest absolute Gasteiger partial charge is 0.544 e. The summed E-state index contributed by atoms with van der Waals surface area (Å²) in [6.07, 6.45) is 1.57. The van der Waals surface area contributed by atoms with Crippen molar-refractivity contribution in [3.63, 3.8) is 0 Å². The van der Waals surface area contributed by atoms with E-state index in [2.05, 4.69) is 0 Å². The third-order valence-corrected chi connectivity index (χ3v) is 3.30. The molecule has 22 heavy (non-hydrogen) atoms. The molecule has 6 nitrogen and oxygen atoms in total. The molecule has 0 saturated carbocycles. The van der Waals surface area contributed by atoms with Gasteiger partial charge in [-0.1, -0.05) is 0 Å². The van der Waals surface area contributed by atoms with Crippen LogP contribution in [-0.2, 0) is 17.9 Å². The number of nitrogens with one attached hydrogen (secondary N) is 1. The maximum Gasteiger partial charge on any atom is 0.161 e. The van der Waals surface area contributed by atoms with Crippen molar-refractivity contribution in [3.8, 4) is 11.5 Å². The third kappa shape index (κ3) is 4.26. The van der Waals surface area contributed by atoms with E-state index in [0.29, 0.717) is 24.6 Å². The van der Waals surface area contributed by atoms with Gasteiger partial charge in [0.15, 0.2) is 17.3 Å². The van der Waals surface area contributed by atoms with Crippen LogP contribution in [0.2, 0.25) is 0 Å². The van der Waals surface area contributed by atoms with Crippen LogP contribution in [0.5, 0.6) is 11.5 Å². The number of aliphatic carboxylic acids is 1. The third-order valence-electron chi connectivity index (χ3n) is 3.30. The molecule has 0 aliphatic rings. The van der Waals surface area contributed by atoms with Crippen LogP contribution in [0.3, 0.4) is 0 Å². The maximum absolute atomic E-state index is 10.9. The van der Waals surface area contributed by atoms with Crippen LogP contribution in [0.25, 0.3) is 0 Å². The highest BCUT2D eigenvalue weighted by Gasteiger charge is 2.14. The normalized spacial score (nSPS) is 11.9. The van der Waals surface area contributed by atoms with E-state index in [0.717, 1.165) is 16.2 Å². The van der Waals surface area contributed by atoms with Gasteiger partial charge in [0.05, 0.1) is 26.5 Å². The highest BCUT2D eigenvalue weighted by Crippen LogP contribution is 2.27. The van der Waals surface area contributed by atoms with Crippen molar-refractivity contribution in [2.24, 2.45) is 0 Å². The van der Waals surface area contributed by atoms with E-state index in [1.807, 2.05) is 18.2 Å². The Hall–Kier alpha value is -2.47. The molecule has 6 heteroatoms. The van der Waals surface area contributed by atoms with Gasteiger partial charge >= 0.3 is 0 Å². The van der Waals surface area contributed by atoms with Gasteiger partial charge in [-0.15, -0.1) is 0 Å². The highest BCUT2D eigenvalue weighted by atomic mass is 16.5. The lowest BCUT2D eigenvalue weighted by molar-refractivity contribution is -0.922. The molecule has 1 N–H and O–H groups in total. The smallest absolute Gasteiger partial charge is 0.161 e. The van der Waals surface area contributed by atoms with Crippen LogP contribution in [-0.4, -0.2) is 26.7 Å². The van der Waals surface area contributed by atoms with Gasteiger partial charge in [-0.05, 0) is 30.3 Å². The lowest BCUT2D eigenvalue weighted by atomic mass is 10.2. The van der Waals surface area contributed by atoms with Crippen molar-refractivity contribution in [2.45, 2.75) is 13.1 Å². The molecule has 0 radical (unpaired) electrons. The van der Waals surface area contributed by atoms with Crippen molar-refractivity contribution < 1.29 is 28.7 Å². The predicted molar refractivity (Wildman–Crippen MR) is 76.5 cm³/mol. The number of benzene rings is 1. The minimum atomic E-state index is -1.10. The molecule has 2 rings (SSSR count). The number of methoxy groups -OCH3 is 2. The average molecular weight is 305 g/mol. The Morgan fingerprint density at radius 3 is 2.55 bits per heavy atom. The monoisotopic (exact) mass is 305 g/mol. The topological polar surface area (TPSA) is 76.2 Å². The van der Waals surface area contributed by atoms with E-state index < -0.39 is 5.97 Å². The quantitative estimate of drug-likeness (QED) is 0.720. The molecule has 1 unspecified atom stereocenters. The number of hydrogen-bond donors (Lipinski definition) is 1. The summed E-state index contributed by atoms with van der Waals surface area (Å²) < 4.78 is 15.7. The van der Waals surface area contributed by atoms with Crippen LogP contribution in [0.1, 0.15) is 11.3 Å². The van der Waals surface area contributed by atoms with E-state index in [1.165, 1.54) is 0 Å². The molecule has 118 valence electrons. The zero-order chi connectivity index (χ0) is 15.9. The summed E-state index contributed by atoms with van der Waals surface area (Å²) in [5.41, 5.74) is 0.945. The summed E-state index contributed by atoms with van der Waals surface area (Å²) in [5, 5.41) is 10.9. The van der Waals surface area contributed by atoms with Gasteiger partial charge in [0, 0.05) is 5.56 Å². The minimum absolute atomic E-state index is 0.102. The van der Waals surface area contributed by atoms with Crippen molar-refractivity contribution >= 4 is 5.97 Å². The maximum atomic E-state index is 10.9. The summed E-state index contributed by atoms with van der Waals surface area (Å²) in [4.78, 5) is 11.8. The average Bonchev–Trinajstić information content (AvgIpc) is 2.99. The second-order valence-electron chi connectivity index (χ2n) is 4.92. The molecule has 2 aromatic rings. The van der Waals surface area contributed by atoms with Crippen LogP contribution >= 0.6 is 0 Å². The Morgan fingerprint density at radius 2 is 1.95 bits per heavy atom. The number of ether oxygens (including phenoxy) is 2. The summed E-state index contributed by atoms with van der Waals surface area (Å²) in [7, 11) is 3.14. The molecule has 1 aromatic heterocycles. The summed E-state index contributed by atoms with van der Waals surface area (Å²) in [5.74, 6) is 0.892. The first-order valence-electron chi connectivity index (χ1n) is 6.89. The van der Waals surface area contributed by atoms with Gasteiger partial charge < -0.3 is 28.7 Å². The Bertz CT molecular complexity index is 609. The number of carbonyl (C=O) groups is 1. The van der Waals surface area contributed by atoms with Crippen molar-refractivity contribution in [1.82, 2.24) is 0 Å².